The molecule has 2 unspecified atom stereocenters. The fourth-order valence-corrected chi connectivity index (χ4v) is 3.92. The molecule has 3 rings (SSSR count). The first-order valence-corrected chi connectivity index (χ1v) is 9.23. The van der Waals surface area contributed by atoms with Gasteiger partial charge >= 0.3 is 0 Å². The Balaban J connectivity index is 1.48. The second-order valence-electron chi connectivity index (χ2n) is 7.53. The molecule has 1 aromatic rings. The quantitative estimate of drug-likeness (QED) is 0.830. The Morgan fingerprint density at radius 1 is 1.04 bits per heavy atom. The van der Waals surface area contributed by atoms with E-state index in [1.807, 2.05) is 21.9 Å². The molecular weight excluding hydrogens is 316 g/mol. The normalized spacial score (nSPS) is 25.0. The first-order valence-electron chi connectivity index (χ1n) is 9.23. The standard InChI is InChI=1S/C19H28N4O2/c1-15-11-16(2)13-23(12-15)18(24)14-21-7-9-22(10-8-21)19(25)17-5-3-4-6-20-17/h3-6,15-16H,7-14H2,1-2H3. The van der Waals surface area contributed by atoms with Crippen LogP contribution in [0.5, 0.6) is 0 Å². The molecule has 136 valence electrons. The number of pyridine rings is 1. The Kier molecular flexibility index (Phi) is 5.68. The van der Waals surface area contributed by atoms with Gasteiger partial charge in [0, 0.05) is 45.5 Å². The fourth-order valence-electron chi connectivity index (χ4n) is 3.92. The van der Waals surface area contributed by atoms with Crippen LogP contribution in [0.25, 0.3) is 0 Å². The van der Waals surface area contributed by atoms with Gasteiger partial charge in [-0.3, -0.25) is 19.5 Å². The first kappa shape index (κ1) is 17.9. The first-order chi connectivity index (χ1) is 12.0. The molecule has 25 heavy (non-hydrogen) atoms. The molecule has 0 bridgehead atoms. The van der Waals surface area contributed by atoms with Crippen molar-refractivity contribution in [3.63, 3.8) is 0 Å². The maximum absolute atomic E-state index is 12.6. The fraction of sp³-hybridized carbons (Fsp3) is 0.632. The average Bonchev–Trinajstić information content (AvgIpc) is 2.61. The Morgan fingerprint density at radius 2 is 1.72 bits per heavy atom. The van der Waals surface area contributed by atoms with Crippen LogP contribution in [0.15, 0.2) is 24.4 Å². The lowest BCUT2D eigenvalue weighted by molar-refractivity contribution is -0.135. The Labute approximate surface area is 149 Å². The van der Waals surface area contributed by atoms with Crippen molar-refractivity contribution in [3.05, 3.63) is 30.1 Å². The molecule has 0 radical (unpaired) electrons. The minimum atomic E-state index is -0.0229. The van der Waals surface area contributed by atoms with Crippen LogP contribution in [0.3, 0.4) is 0 Å². The Hall–Kier alpha value is -1.95. The van der Waals surface area contributed by atoms with Gasteiger partial charge in [0.2, 0.25) is 5.91 Å². The van der Waals surface area contributed by atoms with E-state index in [-0.39, 0.29) is 11.8 Å². The highest BCUT2D eigenvalue weighted by Gasteiger charge is 2.28. The van der Waals surface area contributed by atoms with Gasteiger partial charge in [-0.1, -0.05) is 19.9 Å². The topological polar surface area (TPSA) is 56.8 Å². The third-order valence-corrected chi connectivity index (χ3v) is 5.12. The molecule has 2 aliphatic rings. The summed E-state index contributed by atoms with van der Waals surface area (Å²) in [6, 6.07) is 5.38. The number of piperazine rings is 1. The predicted octanol–water partition coefficient (Wildman–Crippen LogP) is 1.34. The van der Waals surface area contributed by atoms with Gasteiger partial charge in [0.05, 0.1) is 6.54 Å². The van der Waals surface area contributed by atoms with Crippen molar-refractivity contribution in [2.24, 2.45) is 11.8 Å². The summed E-state index contributed by atoms with van der Waals surface area (Å²) < 4.78 is 0. The van der Waals surface area contributed by atoms with Crippen molar-refractivity contribution in [1.82, 2.24) is 19.7 Å². The van der Waals surface area contributed by atoms with Crippen LogP contribution < -0.4 is 0 Å². The van der Waals surface area contributed by atoms with Crippen LogP contribution >= 0.6 is 0 Å². The van der Waals surface area contributed by atoms with Gasteiger partial charge in [0.15, 0.2) is 0 Å². The van der Waals surface area contributed by atoms with Gasteiger partial charge in [-0.2, -0.15) is 0 Å². The van der Waals surface area contributed by atoms with Crippen LogP contribution in [-0.2, 0) is 4.79 Å². The molecular formula is C19H28N4O2. The summed E-state index contributed by atoms with van der Waals surface area (Å²) in [5.74, 6) is 1.37. The van der Waals surface area contributed by atoms with Gasteiger partial charge in [0.1, 0.15) is 5.69 Å². The number of nitrogens with zero attached hydrogens (tertiary/aromatic N) is 4. The highest BCUT2D eigenvalue weighted by atomic mass is 16.2. The van der Waals surface area contributed by atoms with Crippen molar-refractivity contribution in [2.45, 2.75) is 20.3 Å². The molecule has 0 aromatic carbocycles. The van der Waals surface area contributed by atoms with E-state index in [4.69, 9.17) is 0 Å². The van der Waals surface area contributed by atoms with Gasteiger partial charge in [0.25, 0.3) is 5.91 Å². The van der Waals surface area contributed by atoms with E-state index >= 15 is 0 Å². The number of rotatable bonds is 3. The molecule has 2 fully saturated rings. The molecule has 0 spiro atoms. The molecule has 0 saturated carbocycles. The highest BCUT2D eigenvalue weighted by Crippen LogP contribution is 2.21. The maximum atomic E-state index is 12.6. The SMILES string of the molecule is CC1CC(C)CN(C(=O)CN2CCN(C(=O)c3ccccn3)CC2)C1. The monoisotopic (exact) mass is 344 g/mol. The third-order valence-electron chi connectivity index (χ3n) is 5.12. The average molecular weight is 344 g/mol. The van der Waals surface area contributed by atoms with Crippen LogP contribution in [0.4, 0.5) is 0 Å². The smallest absolute Gasteiger partial charge is 0.272 e. The maximum Gasteiger partial charge on any atom is 0.272 e. The molecule has 2 amide bonds. The summed E-state index contributed by atoms with van der Waals surface area (Å²) in [6.07, 6.45) is 2.85. The summed E-state index contributed by atoms with van der Waals surface area (Å²) in [5.41, 5.74) is 0.489. The van der Waals surface area contributed by atoms with Gasteiger partial charge < -0.3 is 9.80 Å². The minimum absolute atomic E-state index is 0.0229. The largest absolute Gasteiger partial charge is 0.341 e. The van der Waals surface area contributed by atoms with Crippen LogP contribution in [-0.4, -0.2) is 77.3 Å². The molecule has 6 heteroatoms. The molecule has 3 heterocycles. The number of carbonyl (C=O) groups is 2. The van der Waals surface area contributed by atoms with Crippen LogP contribution in [0.1, 0.15) is 30.8 Å². The molecule has 0 aliphatic carbocycles. The van der Waals surface area contributed by atoms with Crippen molar-refractivity contribution >= 4 is 11.8 Å². The number of hydrogen-bond donors (Lipinski definition) is 0. The summed E-state index contributed by atoms with van der Waals surface area (Å²) in [6.45, 7) is 9.43. The number of carbonyl (C=O) groups excluding carboxylic acids is 2. The molecule has 1 aromatic heterocycles. The summed E-state index contributed by atoms with van der Waals surface area (Å²) in [5, 5.41) is 0. The predicted molar refractivity (Wildman–Crippen MR) is 96.1 cm³/mol. The van der Waals surface area contributed by atoms with Crippen molar-refractivity contribution in [2.75, 3.05) is 45.8 Å². The third kappa shape index (κ3) is 4.57. The zero-order chi connectivity index (χ0) is 17.8. The second kappa shape index (κ2) is 7.95. The Morgan fingerprint density at radius 3 is 2.32 bits per heavy atom. The Bertz CT molecular complexity index is 589. The van der Waals surface area contributed by atoms with Crippen LogP contribution in [0.2, 0.25) is 0 Å². The highest BCUT2D eigenvalue weighted by molar-refractivity contribution is 5.92. The summed E-state index contributed by atoms with van der Waals surface area (Å²) in [7, 11) is 0. The molecule has 2 atom stereocenters. The van der Waals surface area contributed by atoms with Crippen molar-refractivity contribution in [3.8, 4) is 0 Å². The molecule has 2 saturated heterocycles. The summed E-state index contributed by atoms with van der Waals surface area (Å²) in [4.78, 5) is 35.1. The van der Waals surface area contributed by atoms with E-state index in [0.29, 0.717) is 37.2 Å². The minimum Gasteiger partial charge on any atom is -0.341 e. The zero-order valence-electron chi connectivity index (χ0n) is 15.2. The lowest BCUT2D eigenvalue weighted by Gasteiger charge is -2.38. The molecule has 2 aliphatic heterocycles. The van der Waals surface area contributed by atoms with Crippen molar-refractivity contribution in [1.29, 1.82) is 0 Å². The van der Waals surface area contributed by atoms with Gasteiger partial charge in [-0.25, -0.2) is 0 Å². The molecule has 6 nitrogen and oxygen atoms in total. The van der Waals surface area contributed by atoms with Gasteiger partial charge in [-0.05, 0) is 30.4 Å². The van der Waals surface area contributed by atoms with E-state index in [1.54, 1.807) is 12.3 Å². The summed E-state index contributed by atoms with van der Waals surface area (Å²) >= 11 is 0. The molecule has 0 N–H and O–H groups in total. The van der Waals surface area contributed by atoms with E-state index in [2.05, 4.69) is 23.7 Å². The number of aromatic nitrogens is 1. The number of hydrogen-bond acceptors (Lipinski definition) is 4. The van der Waals surface area contributed by atoms with Crippen molar-refractivity contribution < 1.29 is 9.59 Å². The van der Waals surface area contributed by atoms with E-state index in [1.165, 1.54) is 6.42 Å². The second-order valence-corrected chi connectivity index (χ2v) is 7.53. The lowest BCUT2D eigenvalue weighted by Crippen LogP contribution is -2.53. The number of likely N-dealkylation sites (tertiary alicyclic amines) is 1. The number of amides is 2. The van der Waals surface area contributed by atoms with E-state index in [0.717, 1.165) is 26.2 Å². The van der Waals surface area contributed by atoms with E-state index < -0.39 is 0 Å². The van der Waals surface area contributed by atoms with Crippen LogP contribution in [0, 0.1) is 11.8 Å². The lowest BCUT2D eigenvalue weighted by atomic mass is 9.92. The van der Waals surface area contributed by atoms with E-state index in [9.17, 15) is 9.59 Å². The number of piperidine rings is 1. The van der Waals surface area contributed by atoms with Gasteiger partial charge in [-0.15, -0.1) is 0 Å². The zero-order valence-corrected chi connectivity index (χ0v) is 15.2.